The molecule has 0 aliphatic carbocycles. The normalized spacial score (nSPS) is 19.5. The first kappa shape index (κ1) is 14.0. The molecule has 104 valence electrons. The Morgan fingerprint density at radius 1 is 1.37 bits per heavy atom. The van der Waals surface area contributed by atoms with E-state index in [1.54, 1.807) is 12.4 Å². The van der Waals surface area contributed by atoms with Crippen LogP contribution in [0.1, 0.15) is 6.92 Å². The minimum Gasteiger partial charge on any atom is -0.409 e. The predicted octanol–water partition coefficient (Wildman–Crippen LogP) is 0.496. The molecular formula is C11H17BrN6O. The van der Waals surface area contributed by atoms with Crippen LogP contribution in [0.5, 0.6) is 0 Å². The van der Waals surface area contributed by atoms with Crippen LogP contribution < -0.4 is 10.6 Å². The highest BCUT2D eigenvalue weighted by atomic mass is 79.9. The van der Waals surface area contributed by atoms with Gasteiger partial charge in [-0.1, -0.05) is 5.16 Å². The van der Waals surface area contributed by atoms with Crippen molar-refractivity contribution >= 4 is 27.7 Å². The van der Waals surface area contributed by atoms with Gasteiger partial charge in [0, 0.05) is 38.6 Å². The van der Waals surface area contributed by atoms with E-state index >= 15 is 0 Å². The molecule has 1 aliphatic heterocycles. The Kier molecular flexibility index (Phi) is 4.54. The second-order valence-corrected chi connectivity index (χ2v) is 5.34. The Morgan fingerprint density at radius 3 is 2.47 bits per heavy atom. The van der Waals surface area contributed by atoms with Crippen molar-refractivity contribution < 1.29 is 5.21 Å². The summed E-state index contributed by atoms with van der Waals surface area (Å²) >= 11 is 3.32. The molecule has 1 aromatic rings. The molecule has 1 aromatic heterocycles. The van der Waals surface area contributed by atoms with Crippen molar-refractivity contribution in [1.82, 2.24) is 14.9 Å². The quantitative estimate of drug-likeness (QED) is 0.363. The second-order valence-electron chi connectivity index (χ2n) is 4.43. The Hall–Kier alpha value is -1.41. The van der Waals surface area contributed by atoms with Gasteiger partial charge in [-0.25, -0.2) is 9.97 Å². The first-order chi connectivity index (χ1) is 9.11. The first-order valence-corrected chi connectivity index (χ1v) is 6.85. The molecule has 19 heavy (non-hydrogen) atoms. The van der Waals surface area contributed by atoms with Crippen molar-refractivity contribution in [2.24, 2.45) is 10.9 Å². The highest BCUT2D eigenvalue weighted by Gasteiger charge is 2.24. The molecule has 1 fully saturated rings. The van der Waals surface area contributed by atoms with Crippen LogP contribution in [0.3, 0.4) is 0 Å². The lowest BCUT2D eigenvalue weighted by molar-refractivity contribution is 0.229. The van der Waals surface area contributed by atoms with E-state index in [0.717, 1.165) is 36.6 Å². The number of hydrogen-bond acceptors (Lipinski definition) is 6. The molecule has 7 nitrogen and oxygen atoms in total. The van der Waals surface area contributed by atoms with Gasteiger partial charge < -0.3 is 15.8 Å². The van der Waals surface area contributed by atoms with Crippen LogP contribution in [0.15, 0.2) is 22.0 Å². The highest BCUT2D eigenvalue weighted by molar-refractivity contribution is 9.10. The molecule has 1 saturated heterocycles. The lowest BCUT2D eigenvalue weighted by Crippen LogP contribution is -2.53. The van der Waals surface area contributed by atoms with Gasteiger partial charge >= 0.3 is 0 Å². The monoisotopic (exact) mass is 328 g/mol. The zero-order chi connectivity index (χ0) is 13.8. The van der Waals surface area contributed by atoms with Crippen LogP contribution in [-0.4, -0.2) is 58.1 Å². The summed E-state index contributed by atoms with van der Waals surface area (Å²) in [5.41, 5.74) is 5.62. The molecule has 2 rings (SSSR count). The minimum absolute atomic E-state index is 0.0574. The minimum atomic E-state index is -0.0574. The van der Waals surface area contributed by atoms with Gasteiger partial charge in [0.25, 0.3) is 0 Å². The number of nitrogens with two attached hydrogens (primary N) is 1. The standard InChI is InChI=1S/C11H17BrN6O/c1-8(10(13)16-19)17-2-4-18(5-3-17)11-14-6-9(12)7-15-11/h6-8,19H,2-5H2,1H3,(H2,13,16). The Bertz CT molecular complexity index is 443. The lowest BCUT2D eigenvalue weighted by Gasteiger charge is -2.37. The number of aromatic nitrogens is 2. The molecule has 0 aromatic carbocycles. The SMILES string of the molecule is CC(C(N)=NO)N1CCN(c2ncc(Br)cn2)CC1. The second kappa shape index (κ2) is 6.16. The fraction of sp³-hybridized carbons (Fsp3) is 0.545. The van der Waals surface area contributed by atoms with Crippen molar-refractivity contribution in [1.29, 1.82) is 0 Å². The molecule has 0 spiro atoms. The molecule has 1 aliphatic rings. The molecule has 1 atom stereocenters. The third kappa shape index (κ3) is 3.32. The van der Waals surface area contributed by atoms with Crippen LogP contribution in [0.2, 0.25) is 0 Å². The topological polar surface area (TPSA) is 90.9 Å². The number of halogens is 1. The Labute approximate surface area is 120 Å². The highest BCUT2D eigenvalue weighted by Crippen LogP contribution is 2.14. The number of oxime groups is 1. The third-order valence-electron chi connectivity index (χ3n) is 3.30. The maximum absolute atomic E-state index is 8.69. The molecule has 1 unspecified atom stereocenters. The number of hydrogen-bond donors (Lipinski definition) is 2. The summed E-state index contributed by atoms with van der Waals surface area (Å²) < 4.78 is 0.871. The van der Waals surface area contributed by atoms with E-state index in [1.807, 2.05) is 6.92 Å². The summed E-state index contributed by atoms with van der Waals surface area (Å²) in [6, 6.07) is -0.0574. The zero-order valence-electron chi connectivity index (χ0n) is 10.7. The van der Waals surface area contributed by atoms with Gasteiger partial charge in [0.05, 0.1) is 10.5 Å². The fourth-order valence-electron chi connectivity index (χ4n) is 2.05. The van der Waals surface area contributed by atoms with E-state index in [9.17, 15) is 0 Å². The van der Waals surface area contributed by atoms with E-state index in [0.29, 0.717) is 0 Å². The van der Waals surface area contributed by atoms with E-state index in [4.69, 9.17) is 10.9 Å². The fourth-order valence-corrected chi connectivity index (χ4v) is 2.25. The number of nitrogens with zero attached hydrogens (tertiary/aromatic N) is 5. The van der Waals surface area contributed by atoms with E-state index < -0.39 is 0 Å². The van der Waals surface area contributed by atoms with Crippen molar-refractivity contribution in [3.05, 3.63) is 16.9 Å². The summed E-state index contributed by atoms with van der Waals surface area (Å²) in [4.78, 5) is 12.9. The largest absolute Gasteiger partial charge is 0.409 e. The molecule has 3 N–H and O–H groups in total. The van der Waals surface area contributed by atoms with E-state index in [-0.39, 0.29) is 11.9 Å². The van der Waals surface area contributed by atoms with Crippen LogP contribution in [-0.2, 0) is 0 Å². The van der Waals surface area contributed by atoms with Crippen molar-refractivity contribution in [2.45, 2.75) is 13.0 Å². The van der Waals surface area contributed by atoms with Crippen molar-refractivity contribution in [2.75, 3.05) is 31.1 Å². The Morgan fingerprint density at radius 2 is 1.95 bits per heavy atom. The molecule has 0 bridgehead atoms. The predicted molar refractivity (Wildman–Crippen MR) is 76.4 cm³/mol. The smallest absolute Gasteiger partial charge is 0.225 e. The summed E-state index contributed by atoms with van der Waals surface area (Å²) in [6.07, 6.45) is 3.49. The maximum atomic E-state index is 8.69. The van der Waals surface area contributed by atoms with E-state index in [2.05, 4.69) is 40.9 Å². The molecule has 0 radical (unpaired) electrons. The number of anilines is 1. The lowest BCUT2D eigenvalue weighted by atomic mass is 10.2. The van der Waals surface area contributed by atoms with Crippen LogP contribution >= 0.6 is 15.9 Å². The van der Waals surface area contributed by atoms with Gasteiger partial charge in [0.1, 0.15) is 0 Å². The third-order valence-corrected chi connectivity index (χ3v) is 3.70. The molecule has 8 heteroatoms. The summed E-state index contributed by atoms with van der Waals surface area (Å²) in [7, 11) is 0. The summed E-state index contributed by atoms with van der Waals surface area (Å²) in [6.45, 7) is 5.24. The maximum Gasteiger partial charge on any atom is 0.225 e. The summed E-state index contributed by atoms with van der Waals surface area (Å²) in [5, 5.41) is 11.8. The number of amidine groups is 1. The van der Waals surface area contributed by atoms with Gasteiger partial charge in [0.15, 0.2) is 5.84 Å². The molecule has 0 amide bonds. The molecule has 2 heterocycles. The average molecular weight is 329 g/mol. The number of rotatable bonds is 3. The van der Waals surface area contributed by atoms with Gasteiger partial charge in [-0.3, -0.25) is 4.90 Å². The van der Waals surface area contributed by atoms with Crippen molar-refractivity contribution in [3.8, 4) is 0 Å². The molecular weight excluding hydrogens is 312 g/mol. The van der Waals surface area contributed by atoms with Gasteiger partial charge in [0.2, 0.25) is 5.95 Å². The Balaban J connectivity index is 1.94. The van der Waals surface area contributed by atoms with Crippen molar-refractivity contribution in [3.63, 3.8) is 0 Å². The van der Waals surface area contributed by atoms with Gasteiger partial charge in [-0.2, -0.15) is 0 Å². The summed E-state index contributed by atoms with van der Waals surface area (Å²) in [5.74, 6) is 0.979. The number of piperazine rings is 1. The zero-order valence-corrected chi connectivity index (χ0v) is 12.3. The van der Waals surface area contributed by atoms with Crippen LogP contribution in [0, 0.1) is 0 Å². The van der Waals surface area contributed by atoms with Crippen LogP contribution in [0.4, 0.5) is 5.95 Å². The average Bonchev–Trinajstić information content (AvgIpc) is 2.46. The van der Waals surface area contributed by atoms with E-state index in [1.165, 1.54) is 0 Å². The van der Waals surface area contributed by atoms with Gasteiger partial charge in [-0.05, 0) is 22.9 Å². The molecule has 0 saturated carbocycles. The first-order valence-electron chi connectivity index (χ1n) is 6.05. The van der Waals surface area contributed by atoms with Crippen LogP contribution in [0.25, 0.3) is 0 Å². The van der Waals surface area contributed by atoms with Gasteiger partial charge in [-0.15, -0.1) is 0 Å².